The molecule has 37 heavy (non-hydrogen) atoms. The van der Waals surface area contributed by atoms with Crippen molar-refractivity contribution in [2.45, 2.75) is 43.9 Å². The SMILES string of the molecule is O=COC1(NC(=O)c2cc(Cl)c3ccccc3c2OCc2ccc(C(F)(F)F)cc2C(F)(F)F)CCC1. The number of carbonyl (C=O) groups is 2. The fourth-order valence-electron chi connectivity index (χ4n) is 4.06. The first-order valence-electron chi connectivity index (χ1n) is 10.9. The van der Waals surface area contributed by atoms with Crippen LogP contribution < -0.4 is 10.1 Å². The highest BCUT2D eigenvalue weighted by Crippen LogP contribution is 2.40. The van der Waals surface area contributed by atoms with E-state index in [2.05, 4.69) is 5.32 Å². The Labute approximate surface area is 211 Å². The summed E-state index contributed by atoms with van der Waals surface area (Å²) in [5.74, 6) is -0.890. The lowest BCUT2D eigenvalue weighted by Crippen LogP contribution is -2.55. The number of fused-ring (bicyclic) bond motifs is 1. The molecular formula is C25H18ClF6NO4. The zero-order valence-electron chi connectivity index (χ0n) is 18.8. The molecule has 1 amide bonds. The standard InChI is InChI=1S/C25H18ClF6NO4/c26-20-11-18(22(35)33-23(37-13-34)8-3-9-23)21(17-5-2-1-4-16(17)20)36-12-14-6-7-15(24(27,28)29)10-19(14)25(30,31)32/h1-2,4-7,10-11,13H,3,8-9,12H2,(H,33,35). The molecule has 1 fully saturated rings. The first-order valence-corrected chi connectivity index (χ1v) is 11.3. The fraction of sp³-hybridized carbons (Fsp3) is 0.280. The van der Waals surface area contributed by atoms with Crippen LogP contribution in [0.1, 0.15) is 46.3 Å². The number of amides is 1. The lowest BCUT2D eigenvalue weighted by molar-refractivity contribution is -0.156. The molecule has 0 spiro atoms. The Morgan fingerprint density at radius 3 is 2.24 bits per heavy atom. The third kappa shape index (κ3) is 5.46. The van der Waals surface area contributed by atoms with Crippen LogP contribution in [0.3, 0.4) is 0 Å². The summed E-state index contributed by atoms with van der Waals surface area (Å²) in [4.78, 5) is 24.1. The van der Waals surface area contributed by atoms with E-state index in [0.29, 0.717) is 42.2 Å². The van der Waals surface area contributed by atoms with Crippen molar-refractivity contribution in [3.05, 3.63) is 75.8 Å². The molecule has 196 valence electrons. The molecule has 0 radical (unpaired) electrons. The van der Waals surface area contributed by atoms with Gasteiger partial charge in [-0.15, -0.1) is 0 Å². The number of halogens is 7. The van der Waals surface area contributed by atoms with Gasteiger partial charge in [-0.3, -0.25) is 9.59 Å². The van der Waals surface area contributed by atoms with Gasteiger partial charge < -0.3 is 14.8 Å². The van der Waals surface area contributed by atoms with Gasteiger partial charge in [0.2, 0.25) is 0 Å². The first-order chi connectivity index (χ1) is 17.3. The van der Waals surface area contributed by atoms with E-state index in [0.717, 1.165) is 0 Å². The lowest BCUT2D eigenvalue weighted by Gasteiger charge is -2.40. The van der Waals surface area contributed by atoms with E-state index in [4.69, 9.17) is 21.1 Å². The van der Waals surface area contributed by atoms with Gasteiger partial charge in [-0.2, -0.15) is 26.3 Å². The van der Waals surface area contributed by atoms with Gasteiger partial charge >= 0.3 is 12.4 Å². The summed E-state index contributed by atoms with van der Waals surface area (Å²) in [7, 11) is 0. The monoisotopic (exact) mass is 545 g/mol. The quantitative estimate of drug-likeness (QED) is 0.199. The van der Waals surface area contributed by atoms with Crippen LogP contribution in [-0.4, -0.2) is 18.1 Å². The Bertz CT molecular complexity index is 1350. The summed E-state index contributed by atoms with van der Waals surface area (Å²) in [6, 6.07) is 8.87. The Kier molecular flexibility index (Phi) is 7.02. The van der Waals surface area contributed by atoms with Crippen LogP contribution in [0.5, 0.6) is 5.75 Å². The zero-order chi connectivity index (χ0) is 27.0. The van der Waals surface area contributed by atoms with Crippen molar-refractivity contribution in [2.75, 3.05) is 0 Å². The second-order valence-corrected chi connectivity index (χ2v) is 8.86. The number of alkyl halides is 6. The maximum atomic E-state index is 13.6. The minimum absolute atomic E-state index is 0.0173. The number of hydrogen-bond donors (Lipinski definition) is 1. The van der Waals surface area contributed by atoms with Crippen molar-refractivity contribution in [2.24, 2.45) is 0 Å². The highest BCUT2D eigenvalue weighted by molar-refractivity contribution is 6.36. The molecule has 0 bridgehead atoms. The summed E-state index contributed by atoms with van der Waals surface area (Å²) >= 11 is 6.34. The molecule has 3 aromatic carbocycles. The number of carbonyl (C=O) groups excluding carboxylic acids is 2. The normalized spacial score (nSPS) is 15.1. The third-order valence-electron chi connectivity index (χ3n) is 6.08. The Balaban J connectivity index is 1.75. The number of ether oxygens (including phenoxy) is 2. The van der Waals surface area contributed by atoms with Crippen molar-refractivity contribution >= 4 is 34.8 Å². The molecule has 0 aromatic heterocycles. The Morgan fingerprint density at radius 2 is 1.68 bits per heavy atom. The number of nitrogens with one attached hydrogen (secondary N) is 1. The van der Waals surface area contributed by atoms with Gasteiger partial charge in [0.1, 0.15) is 12.4 Å². The molecule has 5 nitrogen and oxygen atoms in total. The molecule has 1 aliphatic carbocycles. The molecule has 0 atom stereocenters. The highest BCUT2D eigenvalue weighted by Gasteiger charge is 2.42. The van der Waals surface area contributed by atoms with Crippen molar-refractivity contribution < 1.29 is 45.4 Å². The predicted molar refractivity (Wildman–Crippen MR) is 121 cm³/mol. The van der Waals surface area contributed by atoms with Crippen LogP contribution in [0.25, 0.3) is 10.8 Å². The van der Waals surface area contributed by atoms with Gasteiger partial charge in [0.15, 0.2) is 5.72 Å². The summed E-state index contributed by atoms with van der Waals surface area (Å²) in [6.45, 7) is -0.595. The maximum Gasteiger partial charge on any atom is 0.416 e. The van der Waals surface area contributed by atoms with E-state index in [9.17, 15) is 35.9 Å². The Morgan fingerprint density at radius 1 is 1.00 bits per heavy atom. The second-order valence-electron chi connectivity index (χ2n) is 8.45. The average molecular weight is 546 g/mol. The molecule has 1 saturated carbocycles. The molecular weight excluding hydrogens is 528 g/mol. The molecule has 4 rings (SSSR count). The van der Waals surface area contributed by atoms with E-state index < -0.39 is 47.3 Å². The summed E-state index contributed by atoms with van der Waals surface area (Å²) in [5.41, 5.74) is -4.91. The van der Waals surface area contributed by atoms with Crippen LogP contribution in [0.2, 0.25) is 5.02 Å². The van der Waals surface area contributed by atoms with E-state index in [-0.39, 0.29) is 28.9 Å². The van der Waals surface area contributed by atoms with Gasteiger partial charge in [0.25, 0.3) is 12.4 Å². The number of rotatable bonds is 7. The number of benzene rings is 3. The van der Waals surface area contributed by atoms with Crippen LogP contribution >= 0.6 is 11.6 Å². The van der Waals surface area contributed by atoms with Crippen LogP contribution in [-0.2, 0) is 28.5 Å². The van der Waals surface area contributed by atoms with E-state index in [1.165, 1.54) is 12.1 Å². The molecule has 12 heteroatoms. The zero-order valence-corrected chi connectivity index (χ0v) is 19.6. The van der Waals surface area contributed by atoms with Gasteiger partial charge in [0, 0.05) is 34.2 Å². The Hall–Kier alpha value is -3.47. The molecule has 1 N–H and O–H groups in total. The summed E-state index contributed by atoms with van der Waals surface area (Å²) in [5, 5.41) is 3.48. The van der Waals surface area contributed by atoms with Crippen LogP contribution in [0, 0.1) is 0 Å². The molecule has 3 aromatic rings. The minimum Gasteiger partial charge on any atom is -0.487 e. The summed E-state index contributed by atoms with van der Waals surface area (Å²) < 4.78 is 90.6. The largest absolute Gasteiger partial charge is 0.487 e. The van der Waals surface area contributed by atoms with Crippen LogP contribution in [0.4, 0.5) is 26.3 Å². The second kappa shape index (κ2) is 9.77. The lowest BCUT2D eigenvalue weighted by atomic mass is 9.87. The molecule has 1 aliphatic rings. The minimum atomic E-state index is -5.09. The van der Waals surface area contributed by atoms with Gasteiger partial charge in [0.05, 0.1) is 16.7 Å². The highest BCUT2D eigenvalue weighted by atomic mass is 35.5. The van der Waals surface area contributed by atoms with Crippen molar-refractivity contribution in [3.8, 4) is 5.75 Å². The fourth-order valence-corrected chi connectivity index (χ4v) is 4.33. The number of hydrogen-bond acceptors (Lipinski definition) is 4. The topological polar surface area (TPSA) is 64.6 Å². The predicted octanol–water partition coefficient (Wildman–Crippen LogP) is 6.89. The van der Waals surface area contributed by atoms with Gasteiger partial charge in [-0.05, 0) is 24.6 Å². The summed E-state index contributed by atoms with van der Waals surface area (Å²) in [6.07, 6.45) is -8.67. The molecule has 0 saturated heterocycles. The van der Waals surface area contributed by atoms with E-state index in [1.807, 2.05) is 0 Å². The van der Waals surface area contributed by atoms with E-state index in [1.54, 1.807) is 18.2 Å². The van der Waals surface area contributed by atoms with Crippen LogP contribution in [0.15, 0.2) is 48.5 Å². The van der Waals surface area contributed by atoms with Crippen molar-refractivity contribution in [3.63, 3.8) is 0 Å². The van der Waals surface area contributed by atoms with Crippen molar-refractivity contribution in [1.29, 1.82) is 0 Å². The smallest absolute Gasteiger partial charge is 0.416 e. The molecule has 0 unspecified atom stereocenters. The maximum absolute atomic E-state index is 13.6. The molecule has 0 aliphatic heterocycles. The van der Waals surface area contributed by atoms with E-state index >= 15 is 0 Å². The van der Waals surface area contributed by atoms with Gasteiger partial charge in [-0.1, -0.05) is 41.9 Å². The first kappa shape index (κ1) is 26.6. The van der Waals surface area contributed by atoms with Crippen molar-refractivity contribution in [1.82, 2.24) is 5.32 Å². The molecule has 0 heterocycles. The third-order valence-corrected chi connectivity index (χ3v) is 6.39. The average Bonchev–Trinajstić information content (AvgIpc) is 2.80. The van der Waals surface area contributed by atoms with Gasteiger partial charge in [-0.25, -0.2) is 0 Å².